The van der Waals surface area contributed by atoms with Gasteiger partial charge in [0, 0.05) is 17.1 Å². The van der Waals surface area contributed by atoms with Crippen LogP contribution in [0.3, 0.4) is 0 Å². The van der Waals surface area contributed by atoms with Crippen LogP contribution in [0.4, 0.5) is 17.2 Å². The molecule has 1 aliphatic carbocycles. The number of amides is 3. The second kappa shape index (κ2) is 13.5. The predicted octanol–water partition coefficient (Wildman–Crippen LogP) is 4.01. The van der Waals surface area contributed by atoms with Crippen molar-refractivity contribution in [3.05, 3.63) is 47.8 Å². The molecule has 0 saturated carbocycles. The summed E-state index contributed by atoms with van der Waals surface area (Å²) >= 11 is 0. The molecule has 1 aliphatic heterocycles. The number of imide groups is 1. The largest absolute Gasteiger partial charge is 0.494 e. The summed E-state index contributed by atoms with van der Waals surface area (Å²) in [6, 6.07) is 7.71. The summed E-state index contributed by atoms with van der Waals surface area (Å²) in [4.78, 5) is 52.2. The first-order valence-electron chi connectivity index (χ1n) is 15.9. The minimum Gasteiger partial charge on any atom is -0.494 e. The van der Waals surface area contributed by atoms with E-state index < -0.39 is 35.4 Å². The van der Waals surface area contributed by atoms with Crippen LogP contribution in [0.1, 0.15) is 65.0 Å². The van der Waals surface area contributed by atoms with Crippen LogP contribution in [0.25, 0.3) is 10.9 Å². The number of fused-ring (bicyclic) bond motifs is 2. The lowest BCUT2D eigenvalue weighted by atomic mass is 9.85. The van der Waals surface area contributed by atoms with Crippen LogP contribution in [0.5, 0.6) is 5.75 Å². The molecular weight excluding hydrogens is 570 g/mol. The van der Waals surface area contributed by atoms with E-state index in [4.69, 9.17) is 4.74 Å². The smallest absolute Gasteiger partial charge is 0.257 e. The molecule has 11 nitrogen and oxygen atoms in total. The van der Waals surface area contributed by atoms with Crippen molar-refractivity contribution in [1.29, 1.82) is 0 Å². The van der Waals surface area contributed by atoms with E-state index >= 15 is 0 Å². The number of hydrogen-bond acceptors (Lipinski definition) is 9. The number of benzene rings is 2. The maximum absolute atomic E-state index is 14.6. The third-order valence-corrected chi connectivity index (χ3v) is 8.64. The van der Waals surface area contributed by atoms with Crippen molar-refractivity contribution < 1.29 is 19.1 Å². The molecule has 3 amide bonds. The van der Waals surface area contributed by atoms with E-state index in [1.54, 1.807) is 19.1 Å². The first kappa shape index (κ1) is 32.3. The van der Waals surface area contributed by atoms with E-state index in [-0.39, 0.29) is 11.6 Å². The Hall–Kier alpha value is -4.09. The predicted molar refractivity (Wildman–Crippen MR) is 176 cm³/mol. The zero-order valence-corrected chi connectivity index (χ0v) is 27.1. The molecule has 11 heteroatoms. The average Bonchev–Trinajstić information content (AvgIpc) is 3.72. The number of rotatable bonds is 10. The number of nitrogens with zero attached hydrogens (tertiary/aromatic N) is 3. The number of likely N-dealkylation sites (N-methyl/N-ethyl adjacent to an activating group) is 1. The monoisotopic (exact) mass is 615 g/mol. The van der Waals surface area contributed by atoms with Gasteiger partial charge in [0.2, 0.25) is 5.91 Å². The van der Waals surface area contributed by atoms with Crippen LogP contribution >= 0.6 is 0 Å². The van der Waals surface area contributed by atoms with Gasteiger partial charge in [-0.05, 0) is 86.9 Å². The molecular formula is C34H45N7O4. The van der Waals surface area contributed by atoms with Crippen molar-refractivity contribution in [3.8, 4) is 5.75 Å². The molecule has 2 aromatic carbocycles. The number of nitrogens with one attached hydrogen (secondary N) is 4. The van der Waals surface area contributed by atoms with Crippen LogP contribution in [0.15, 0.2) is 36.7 Å². The fourth-order valence-corrected chi connectivity index (χ4v) is 6.14. The van der Waals surface area contributed by atoms with Crippen LogP contribution in [0, 0.1) is 5.41 Å². The average molecular weight is 616 g/mol. The fraction of sp³-hybridized carbons (Fsp3) is 0.500. The Kier molecular flexibility index (Phi) is 9.69. The minimum atomic E-state index is -1.01. The zero-order valence-electron chi connectivity index (χ0n) is 27.1. The molecule has 2 aliphatic rings. The molecule has 0 spiro atoms. The highest BCUT2D eigenvalue weighted by atomic mass is 16.5. The van der Waals surface area contributed by atoms with Gasteiger partial charge in [0.25, 0.3) is 11.8 Å². The third kappa shape index (κ3) is 6.94. The lowest BCUT2D eigenvalue weighted by Crippen LogP contribution is -2.60. The molecule has 1 aromatic heterocycles. The first-order valence-corrected chi connectivity index (χ1v) is 15.9. The van der Waals surface area contributed by atoms with Crippen molar-refractivity contribution in [2.75, 3.05) is 30.4 Å². The van der Waals surface area contributed by atoms with Gasteiger partial charge in [-0.3, -0.25) is 14.4 Å². The molecule has 0 radical (unpaired) electrons. The summed E-state index contributed by atoms with van der Waals surface area (Å²) in [5.41, 5.74) is 3.74. The lowest BCUT2D eigenvalue weighted by molar-refractivity contribution is -0.134. The van der Waals surface area contributed by atoms with E-state index in [1.807, 2.05) is 33.8 Å². The Labute approximate surface area is 264 Å². The first-order chi connectivity index (χ1) is 21.5. The van der Waals surface area contributed by atoms with Gasteiger partial charge in [-0.2, -0.15) is 0 Å². The molecule has 1 saturated heterocycles. The Morgan fingerprint density at radius 1 is 1.09 bits per heavy atom. The van der Waals surface area contributed by atoms with Crippen molar-refractivity contribution in [2.24, 2.45) is 5.41 Å². The molecule has 0 unspecified atom stereocenters. The molecule has 240 valence electrons. The number of anilines is 3. The number of aromatic nitrogens is 2. The lowest BCUT2D eigenvalue weighted by Gasteiger charge is -2.36. The van der Waals surface area contributed by atoms with E-state index in [2.05, 4.69) is 43.4 Å². The van der Waals surface area contributed by atoms with E-state index in [0.717, 1.165) is 31.4 Å². The van der Waals surface area contributed by atoms with Gasteiger partial charge in [-0.15, -0.1) is 0 Å². The van der Waals surface area contributed by atoms with Crippen LogP contribution in [0.2, 0.25) is 0 Å². The highest BCUT2D eigenvalue weighted by molar-refractivity contribution is 6.20. The summed E-state index contributed by atoms with van der Waals surface area (Å²) < 4.78 is 5.78. The summed E-state index contributed by atoms with van der Waals surface area (Å²) in [7, 11) is 1.50. The highest BCUT2D eigenvalue weighted by Gasteiger charge is 2.42. The number of methoxy groups -OCH3 is 1. The van der Waals surface area contributed by atoms with Crippen molar-refractivity contribution in [2.45, 2.75) is 84.8 Å². The van der Waals surface area contributed by atoms with Crippen molar-refractivity contribution >= 4 is 45.8 Å². The van der Waals surface area contributed by atoms with Gasteiger partial charge < -0.3 is 26.0 Å². The van der Waals surface area contributed by atoms with Gasteiger partial charge in [0.1, 0.15) is 23.9 Å². The van der Waals surface area contributed by atoms with Crippen LogP contribution in [-0.4, -0.2) is 66.0 Å². The quantitative estimate of drug-likeness (QED) is 0.267. The Morgan fingerprint density at radius 2 is 1.87 bits per heavy atom. The Bertz CT molecular complexity index is 1580. The number of aryl methyl sites for hydroxylation is 2. The summed E-state index contributed by atoms with van der Waals surface area (Å²) in [5, 5.41) is 13.3. The SMILES string of the molecule is CCN[C@@H](C)C(=O)N[C@H](C(=O)N(C(=O)[C@@H]1CCCN1)c1cc2c(Nc3ccc4c(c3)CCC4)ncnc2cc1OC)C(C)(C)C. The van der Waals surface area contributed by atoms with Crippen LogP contribution < -0.4 is 30.9 Å². The molecule has 3 atom stereocenters. The Balaban J connectivity index is 1.60. The topological polar surface area (TPSA) is 138 Å². The second-order valence-electron chi connectivity index (χ2n) is 13.0. The minimum absolute atomic E-state index is 0.267. The zero-order chi connectivity index (χ0) is 32.3. The molecule has 45 heavy (non-hydrogen) atoms. The second-order valence-corrected chi connectivity index (χ2v) is 13.0. The summed E-state index contributed by atoms with van der Waals surface area (Å²) in [6.07, 6.45) is 6.17. The van der Waals surface area contributed by atoms with Gasteiger partial charge in [-0.1, -0.05) is 33.8 Å². The molecule has 3 aromatic rings. The van der Waals surface area contributed by atoms with E-state index in [9.17, 15) is 14.4 Å². The molecule has 0 bridgehead atoms. The fourth-order valence-electron chi connectivity index (χ4n) is 6.14. The molecule has 2 heterocycles. The van der Waals surface area contributed by atoms with Gasteiger partial charge >= 0.3 is 0 Å². The maximum atomic E-state index is 14.6. The number of carbonyl (C=O) groups is 3. The molecule has 1 fully saturated rings. The van der Waals surface area contributed by atoms with Crippen molar-refractivity contribution in [3.63, 3.8) is 0 Å². The standard InChI is InChI=1S/C34H45N7O4/c1-7-35-20(2)31(42)40-29(34(3,4)5)33(44)41(32(43)25-12-9-15-36-25)27-17-24-26(18-28(27)45-6)37-19-38-30(24)39-23-14-13-21-10-8-11-22(21)16-23/h13-14,16-20,25,29,35-36H,7-12,15H2,1-6H3,(H,40,42)(H,37,38,39)/t20-,25-,29+/m0/s1. The number of ether oxygens (including phenoxy) is 1. The molecule has 4 N–H and O–H groups in total. The highest BCUT2D eigenvalue weighted by Crippen LogP contribution is 2.38. The summed E-state index contributed by atoms with van der Waals surface area (Å²) in [5.74, 6) is -0.411. The normalized spacial score (nSPS) is 17.4. The van der Waals surface area contributed by atoms with E-state index in [1.165, 1.54) is 29.5 Å². The molecule has 5 rings (SSSR count). The van der Waals surface area contributed by atoms with Crippen LogP contribution in [-0.2, 0) is 27.2 Å². The van der Waals surface area contributed by atoms with Crippen molar-refractivity contribution in [1.82, 2.24) is 25.9 Å². The van der Waals surface area contributed by atoms with Gasteiger partial charge in [-0.25, -0.2) is 14.9 Å². The van der Waals surface area contributed by atoms with E-state index in [0.29, 0.717) is 42.0 Å². The number of hydrogen-bond donors (Lipinski definition) is 4. The summed E-state index contributed by atoms with van der Waals surface area (Å²) in [6.45, 7) is 10.5. The number of carbonyl (C=O) groups excluding carboxylic acids is 3. The maximum Gasteiger partial charge on any atom is 0.257 e. The third-order valence-electron chi connectivity index (χ3n) is 8.64. The Morgan fingerprint density at radius 3 is 2.56 bits per heavy atom. The van der Waals surface area contributed by atoms with Gasteiger partial charge in [0.15, 0.2) is 0 Å². The van der Waals surface area contributed by atoms with Gasteiger partial charge in [0.05, 0.1) is 30.4 Å².